The zero-order chi connectivity index (χ0) is 12.5. The first-order valence-corrected chi connectivity index (χ1v) is 6.39. The van der Waals surface area contributed by atoms with Gasteiger partial charge < -0.3 is 34.2 Å². The van der Waals surface area contributed by atoms with Gasteiger partial charge in [-0.15, -0.1) is 0 Å². The van der Waals surface area contributed by atoms with Gasteiger partial charge in [0, 0.05) is 5.92 Å². The predicted molar refractivity (Wildman–Crippen MR) is 48.8 cm³/mol. The van der Waals surface area contributed by atoms with Crippen molar-refractivity contribution in [1.82, 2.24) is 0 Å². The fraction of sp³-hybridized carbons (Fsp3) is 1.00. The number of aliphatic hydroxyl groups is 3. The van der Waals surface area contributed by atoms with E-state index in [1.54, 1.807) is 6.92 Å². The zero-order valence-electron chi connectivity index (χ0n) is 10.7. The maximum Gasteiger partial charge on any atom is 1.00 e. The molecule has 96 valence electrons. The fourth-order valence-corrected chi connectivity index (χ4v) is 2.30. The van der Waals surface area contributed by atoms with E-state index in [9.17, 15) is 29.7 Å². The topological polar surface area (TPSA) is 133 Å². The van der Waals surface area contributed by atoms with Crippen molar-refractivity contribution in [2.45, 2.75) is 31.7 Å². The molecule has 0 aromatic rings. The van der Waals surface area contributed by atoms with Crippen molar-refractivity contribution in [3.8, 4) is 0 Å². The summed E-state index contributed by atoms with van der Waals surface area (Å²) < 4.78 is 14.3. The molecule has 0 spiro atoms. The maximum atomic E-state index is 10.3. The first-order valence-electron chi connectivity index (χ1n) is 4.93. The monoisotopic (exact) mass is 332 g/mol. The molecule has 1 aliphatic carbocycles. The molecule has 0 radical (unpaired) electrons. The van der Waals surface area contributed by atoms with Crippen molar-refractivity contribution >= 4 is 7.82 Å². The number of phosphoric acid groups is 1. The molecule has 0 aromatic carbocycles. The Morgan fingerprint density at radius 2 is 1.67 bits per heavy atom. The Bertz CT molecular complexity index is 287. The molecule has 7 nitrogen and oxygen atoms in total. The van der Waals surface area contributed by atoms with Gasteiger partial charge in [0.2, 0.25) is 0 Å². The SMILES string of the molecule is C[C@@H]1CC(COP(=O)([O-])[O-])[C@@H](O)[C@H](O)C1O.[K+].[K+]. The third-order valence-electron chi connectivity index (χ3n) is 2.89. The minimum absolute atomic E-state index is 0. The molecule has 10 heteroatoms. The number of hydrogen-bond donors (Lipinski definition) is 3. The van der Waals surface area contributed by atoms with Crippen LogP contribution >= 0.6 is 7.82 Å². The second kappa shape index (κ2) is 10.1. The van der Waals surface area contributed by atoms with Gasteiger partial charge in [0.1, 0.15) is 6.10 Å². The van der Waals surface area contributed by atoms with Crippen molar-refractivity contribution in [2.75, 3.05) is 6.61 Å². The van der Waals surface area contributed by atoms with Gasteiger partial charge in [-0.3, -0.25) is 0 Å². The van der Waals surface area contributed by atoms with Gasteiger partial charge in [0.25, 0.3) is 0 Å². The van der Waals surface area contributed by atoms with Crippen LogP contribution in [0.3, 0.4) is 0 Å². The van der Waals surface area contributed by atoms with E-state index < -0.39 is 38.7 Å². The largest absolute Gasteiger partial charge is 1.00 e. The van der Waals surface area contributed by atoms with Crippen LogP contribution in [0.25, 0.3) is 0 Å². The predicted octanol–water partition coefficient (Wildman–Crippen LogP) is -8.42. The Morgan fingerprint density at radius 1 is 1.17 bits per heavy atom. The summed E-state index contributed by atoms with van der Waals surface area (Å²) in [5, 5.41) is 28.4. The molecule has 0 amide bonds. The van der Waals surface area contributed by atoms with Gasteiger partial charge in [0.05, 0.1) is 26.6 Å². The molecular weight excluding hydrogens is 317 g/mol. The Balaban J connectivity index is 0. The molecule has 0 heterocycles. The summed E-state index contributed by atoms with van der Waals surface area (Å²) in [6, 6.07) is 0. The molecule has 0 bridgehead atoms. The first-order chi connectivity index (χ1) is 7.22. The minimum Gasteiger partial charge on any atom is -0.790 e. The van der Waals surface area contributed by atoms with Crippen LogP contribution in [0.4, 0.5) is 0 Å². The average Bonchev–Trinajstić information content (AvgIpc) is 2.17. The maximum absolute atomic E-state index is 10.3. The van der Waals surface area contributed by atoms with Crippen LogP contribution in [0.15, 0.2) is 0 Å². The number of rotatable bonds is 3. The summed E-state index contributed by atoms with van der Waals surface area (Å²) in [5.41, 5.74) is 0. The van der Waals surface area contributed by atoms with E-state index in [2.05, 4.69) is 4.52 Å². The summed E-state index contributed by atoms with van der Waals surface area (Å²) in [7, 11) is -5.07. The molecule has 2 unspecified atom stereocenters. The van der Waals surface area contributed by atoms with Gasteiger partial charge in [-0.05, 0) is 12.3 Å². The summed E-state index contributed by atoms with van der Waals surface area (Å²) in [5.74, 6) is -0.977. The van der Waals surface area contributed by atoms with Crippen LogP contribution in [0.5, 0.6) is 0 Å². The molecule has 1 saturated carbocycles. The van der Waals surface area contributed by atoms with Gasteiger partial charge in [0.15, 0.2) is 0 Å². The van der Waals surface area contributed by atoms with E-state index in [1.165, 1.54) is 0 Å². The first kappa shape index (κ1) is 23.5. The molecular formula is C8H15K2O7P. The van der Waals surface area contributed by atoms with E-state index in [0.29, 0.717) is 0 Å². The fourth-order valence-electron chi connectivity index (χ4n) is 1.93. The van der Waals surface area contributed by atoms with E-state index in [4.69, 9.17) is 0 Å². The van der Waals surface area contributed by atoms with Crippen LogP contribution in [-0.4, -0.2) is 40.2 Å². The second-order valence-corrected chi connectivity index (χ2v) is 5.34. The molecule has 0 aliphatic heterocycles. The third kappa shape index (κ3) is 7.50. The Morgan fingerprint density at radius 3 is 2.11 bits per heavy atom. The van der Waals surface area contributed by atoms with E-state index in [-0.39, 0.29) is 115 Å². The third-order valence-corrected chi connectivity index (χ3v) is 3.35. The Kier molecular flexibility index (Phi) is 13.2. The molecule has 0 saturated heterocycles. The summed E-state index contributed by atoms with van der Waals surface area (Å²) in [4.78, 5) is 20.5. The van der Waals surface area contributed by atoms with Crippen LogP contribution in [0, 0.1) is 11.8 Å². The van der Waals surface area contributed by atoms with E-state index >= 15 is 0 Å². The zero-order valence-corrected chi connectivity index (χ0v) is 17.9. The van der Waals surface area contributed by atoms with E-state index in [0.717, 1.165) is 0 Å². The van der Waals surface area contributed by atoms with Crippen molar-refractivity contribution in [3.63, 3.8) is 0 Å². The van der Waals surface area contributed by atoms with Crippen molar-refractivity contribution < 1.29 is 137 Å². The summed E-state index contributed by atoms with van der Waals surface area (Å²) >= 11 is 0. The van der Waals surface area contributed by atoms with Crippen LogP contribution in [0.2, 0.25) is 0 Å². The van der Waals surface area contributed by atoms with Gasteiger partial charge in [-0.25, -0.2) is 0 Å². The summed E-state index contributed by atoms with van der Waals surface area (Å²) in [6.07, 6.45) is -3.43. The quantitative estimate of drug-likeness (QED) is 0.345. The van der Waals surface area contributed by atoms with Gasteiger partial charge >= 0.3 is 103 Å². The Hall–Kier alpha value is 3.26. The smallest absolute Gasteiger partial charge is 0.790 e. The standard InChI is InChI=1S/C8H17O7P.2K/c1-4-2-5(3-15-16(12,13)14)7(10)8(11)6(4)9;;/h4-11H,2-3H2,1H3,(H2,12,13,14);;/q;2*+1/p-2/t4-,5?,6?,7-,8-;;/m1../s1. The van der Waals surface area contributed by atoms with Crippen molar-refractivity contribution in [3.05, 3.63) is 0 Å². The second-order valence-electron chi connectivity index (χ2n) is 4.19. The number of phosphoric ester groups is 1. The molecule has 0 aromatic heterocycles. The van der Waals surface area contributed by atoms with Crippen LogP contribution < -0.4 is 113 Å². The Labute approximate surface area is 191 Å². The molecule has 3 N–H and O–H groups in total. The average molecular weight is 332 g/mol. The molecule has 1 rings (SSSR count). The number of aliphatic hydroxyl groups excluding tert-OH is 3. The molecule has 1 fully saturated rings. The summed E-state index contributed by atoms with van der Waals surface area (Å²) in [6.45, 7) is 1.18. The molecule has 1 aliphatic rings. The van der Waals surface area contributed by atoms with Gasteiger partial charge in [-0.1, -0.05) is 6.92 Å². The van der Waals surface area contributed by atoms with Crippen molar-refractivity contribution in [1.29, 1.82) is 0 Å². The number of hydrogen-bond acceptors (Lipinski definition) is 7. The van der Waals surface area contributed by atoms with E-state index in [1.807, 2.05) is 0 Å². The van der Waals surface area contributed by atoms with Crippen LogP contribution in [0.1, 0.15) is 13.3 Å². The van der Waals surface area contributed by atoms with Crippen LogP contribution in [-0.2, 0) is 9.09 Å². The normalized spacial score (nSPS) is 36.4. The molecule has 5 atom stereocenters. The molecule has 18 heavy (non-hydrogen) atoms. The minimum atomic E-state index is -5.07. The van der Waals surface area contributed by atoms with Gasteiger partial charge in [-0.2, -0.15) is 0 Å². The van der Waals surface area contributed by atoms with Crippen molar-refractivity contribution in [2.24, 2.45) is 11.8 Å².